The Hall–Kier alpha value is -0.940. The molecule has 1 heterocycles. The molecule has 0 aromatic rings. The second-order valence-corrected chi connectivity index (χ2v) is 3.78. The largest absolute Gasteiger partial charge is 0.382 e. The normalized spacial score (nSPS) is 16.2. The topological polar surface area (TPSA) is 55.8 Å². The zero-order valence-corrected chi connectivity index (χ0v) is 9.74. The molecule has 1 rings (SSSR count). The number of methoxy groups -OCH3 is 1. The summed E-state index contributed by atoms with van der Waals surface area (Å²) in [6.07, 6.45) is 2.16. The lowest BCUT2D eigenvalue weighted by molar-refractivity contribution is -0.140. The number of ketones is 1. The first-order chi connectivity index (χ1) is 7.75. The van der Waals surface area contributed by atoms with Crippen molar-refractivity contribution in [2.45, 2.75) is 19.3 Å². The van der Waals surface area contributed by atoms with Gasteiger partial charge in [0.15, 0.2) is 0 Å². The number of rotatable bonds is 8. The predicted octanol–water partition coefficient (Wildman–Crippen LogP) is 0.231. The fourth-order valence-electron chi connectivity index (χ4n) is 1.59. The first-order valence-electron chi connectivity index (χ1n) is 5.64. The van der Waals surface area contributed by atoms with E-state index in [2.05, 4.69) is 0 Å². The van der Waals surface area contributed by atoms with Crippen molar-refractivity contribution in [3.63, 3.8) is 0 Å². The van der Waals surface area contributed by atoms with E-state index in [0.29, 0.717) is 39.3 Å². The third-order valence-electron chi connectivity index (χ3n) is 2.53. The van der Waals surface area contributed by atoms with Gasteiger partial charge in [-0.05, 0) is 12.8 Å². The van der Waals surface area contributed by atoms with Gasteiger partial charge in [-0.25, -0.2) is 0 Å². The standard InChI is InChI=1S/C11H19NO4/c1-15-8-9-16-7-3-2-5-12-6-4-10(13)11(12)14/h2-9H2,1H3. The van der Waals surface area contributed by atoms with E-state index in [9.17, 15) is 9.59 Å². The van der Waals surface area contributed by atoms with Crippen molar-refractivity contribution in [2.24, 2.45) is 0 Å². The van der Waals surface area contributed by atoms with Gasteiger partial charge in [-0.3, -0.25) is 9.59 Å². The highest BCUT2D eigenvalue weighted by Gasteiger charge is 2.28. The van der Waals surface area contributed by atoms with Gasteiger partial charge in [0.1, 0.15) is 0 Å². The molecule has 0 unspecified atom stereocenters. The number of Topliss-reactive ketones (excluding diaryl/α,β-unsaturated/α-hetero) is 1. The van der Waals surface area contributed by atoms with Gasteiger partial charge in [-0.1, -0.05) is 0 Å². The zero-order valence-electron chi connectivity index (χ0n) is 9.74. The summed E-state index contributed by atoms with van der Waals surface area (Å²) < 4.78 is 10.1. The summed E-state index contributed by atoms with van der Waals surface area (Å²) in [6.45, 7) is 3.15. The van der Waals surface area contributed by atoms with Crippen LogP contribution in [0.25, 0.3) is 0 Å². The molecule has 1 amide bonds. The van der Waals surface area contributed by atoms with Crippen LogP contribution in [-0.2, 0) is 19.1 Å². The molecule has 1 aliphatic rings. The zero-order chi connectivity index (χ0) is 11.8. The van der Waals surface area contributed by atoms with E-state index in [4.69, 9.17) is 9.47 Å². The predicted molar refractivity (Wildman–Crippen MR) is 58.1 cm³/mol. The molecule has 0 aliphatic carbocycles. The highest BCUT2D eigenvalue weighted by Crippen LogP contribution is 2.07. The molecule has 1 fully saturated rings. The van der Waals surface area contributed by atoms with E-state index in [-0.39, 0.29) is 11.7 Å². The molecular weight excluding hydrogens is 210 g/mol. The monoisotopic (exact) mass is 229 g/mol. The number of likely N-dealkylation sites (tertiary alicyclic amines) is 1. The van der Waals surface area contributed by atoms with Crippen molar-refractivity contribution in [1.29, 1.82) is 0 Å². The Labute approximate surface area is 95.7 Å². The maximum absolute atomic E-state index is 11.2. The first-order valence-corrected chi connectivity index (χ1v) is 5.64. The van der Waals surface area contributed by atoms with Crippen LogP contribution in [0.4, 0.5) is 0 Å². The molecule has 0 bridgehead atoms. The molecule has 0 radical (unpaired) electrons. The Morgan fingerprint density at radius 1 is 1.19 bits per heavy atom. The van der Waals surface area contributed by atoms with Gasteiger partial charge in [0.05, 0.1) is 13.2 Å². The lowest BCUT2D eigenvalue weighted by Crippen LogP contribution is -2.28. The van der Waals surface area contributed by atoms with Crippen LogP contribution in [0.2, 0.25) is 0 Å². The molecule has 0 atom stereocenters. The van der Waals surface area contributed by atoms with E-state index in [1.807, 2.05) is 0 Å². The highest BCUT2D eigenvalue weighted by atomic mass is 16.5. The van der Waals surface area contributed by atoms with E-state index < -0.39 is 0 Å². The number of amides is 1. The molecule has 1 aliphatic heterocycles. The van der Waals surface area contributed by atoms with E-state index in [0.717, 1.165) is 12.8 Å². The van der Waals surface area contributed by atoms with Gasteiger partial charge in [0, 0.05) is 33.2 Å². The fraction of sp³-hybridized carbons (Fsp3) is 0.818. The Bertz CT molecular complexity index is 242. The fourth-order valence-corrected chi connectivity index (χ4v) is 1.59. The van der Waals surface area contributed by atoms with Crippen LogP contribution in [0, 0.1) is 0 Å². The van der Waals surface area contributed by atoms with Crippen LogP contribution in [0.3, 0.4) is 0 Å². The number of hydrogen-bond acceptors (Lipinski definition) is 4. The second-order valence-electron chi connectivity index (χ2n) is 3.78. The minimum atomic E-state index is -0.319. The molecule has 0 spiro atoms. The van der Waals surface area contributed by atoms with Gasteiger partial charge in [0.2, 0.25) is 5.78 Å². The van der Waals surface area contributed by atoms with Gasteiger partial charge in [-0.15, -0.1) is 0 Å². The molecule has 5 nitrogen and oxygen atoms in total. The van der Waals surface area contributed by atoms with Crippen molar-refractivity contribution >= 4 is 11.7 Å². The summed E-state index contributed by atoms with van der Waals surface area (Å²) in [4.78, 5) is 23.8. The molecule has 1 saturated heterocycles. The summed E-state index contributed by atoms with van der Waals surface area (Å²) in [5.74, 6) is -0.573. The summed E-state index contributed by atoms with van der Waals surface area (Å²) >= 11 is 0. The third kappa shape index (κ3) is 4.28. The molecule has 0 aromatic heterocycles. The van der Waals surface area contributed by atoms with Crippen molar-refractivity contribution in [3.8, 4) is 0 Å². The first kappa shape index (κ1) is 13.1. The van der Waals surface area contributed by atoms with Crippen molar-refractivity contribution in [1.82, 2.24) is 4.90 Å². The number of carbonyl (C=O) groups excluding carboxylic acids is 2. The Kier molecular flexibility index (Phi) is 6.03. The van der Waals surface area contributed by atoms with Crippen LogP contribution in [-0.4, -0.2) is 56.6 Å². The summed E-state index contributed by atoms with van der Waals surface area (Å²) in [5, 5.41) is 0. The average molecular weight is 229 g/mol. The number of carbonyl (C=O) groups is 2. The van der Waals surface area contributed by atoms with Crippen LogP contribution in [0.1, 0.15) is 19.3 Å². The Balaban J connectivity index is 1.95. The van der Waals surface area contributed by atoms with Crippen LogP contribution < -0.4 is 0 Å². The number of ether oxygens (including phenoxy) is 2. The van der Waals surface area contributed by atoms with Gasteiger partial charge in [0.25, 0.3) is 5.91 Å². The van der Waals surface area contributed by atoms with E-state index in [1.165, 1.54) is 0 Å². The van der Waals surface area contributed by atoms with Gasteiger partial charge in [-0.2, -0.15) is 0 Å². The van der Waals surface area contributed by atoms with Crippen LogP contribution in [0.5, 0.6) is 0 Å². The van der Waals surface area contributed by atoms with E-state index in [1.54, 1.807) is 12.0 Å². The number of hydrogen-bond donors (Lipinski definition) is 0. The molecule has 0 saturated carbocycles. The maximum Gasteiger partial charge on any atom is 0.290 e. The van der Waals surface area contributed by atoms with Gasteiger partial charge < -0.3 is 14.4 Å². The van der Waals surface area contributed by atoms with Crippen molar-refractivity contribution < 1.29 is 19.1 Å². The molecule has 0 aromatic carbocycles. The molecule has 92 valence electrons. The van der Waals surface area contributed by atoms with Crippen LogP contribution in [0.15, 0.2) is 0 Å². The molecule has 5 heteroatoms. The SMILES string of the molecule is COCCOCCCCN1CCC(=O)C1=O. The number of nitrogens with zero attached hydrogens (tertiary/aromatic N) is 1. The smallest absolute Gasteiger partial charge is 0.290 e. The minimum Gasteiger partial charge on any atom is -0.382 e. The minimum absolute atomic E-state index is 0.253. The van der Waals surface area contributed by atoms with Gasteiger partial charge >= 0.3 is 0 Å². The Morgan fingerprint density at radius 3 is 2.62 bits per heavy atom. The van der Waals surface area contributed by atoms with Crippen LogP contribution >= 0.6 is 0 Å². The Morgan fingerprint density at radius 2 is 2.00 bits per heavy atom. The molecule has 0 N–H and O–H groups in total. The van der Waals surface area contributed by atoms with Crippen molar-refractivity contribution in [3.05, 3.63) is 0 Å². The summed E-state index contributed by atoms with van der Waals surface area (Å²) in [5.41, 5.74) is 0. The molecule has 16 heavy (non-hydrogen) atoms. The summed E-state index contributed by atoms with van der Waals surface area (Å²) in [6, 6.07) is 0. The lowest BCUT2D eigenvalue weighted by atomic mass is 10.3. The summed E-state index contributed by atoms with van der Waals surface area (Å²) in [7, 11) is 1.64. The van der Waals surface area contributed by atoms with E-state index >= 15 is 0 Å². The third-order valence-corrected chi connectivity index (χ3v) is 2.53. The van der Waals surface area contributed by atoms with Crippen molar-refractivity contribution in [2.75, 3.05) is 40.0 Å². The highest BCUT2D eigenvalue weighted by molar-refractivity contribution is 6.37. The lowest BCUT2D eigenvalue weighted by Gasteiger charge is -2.13. The second kappa shape index (κ2) is 7.35. The quantitative estimate of drug-likeness (QED) is 0.441. The number of unbranched alkanes of at least 4 members (excludes halogenated alkanes) is 1. The average Bonchev–Trinajstić information content (AvgIpc) is 2.59. The molecular formula is C11H19NO4. The maximum atomic E-state index is 11.2.